The monoisotopic (exact) mass is 283 g/mol. The van der Waals surface area contributed by atoms with Crippen LogP contribution in [0.15, 0.2) is 6.07 Å². The summed E-state index contributed by atoms with van der Waals surface area (Å²) in [5.74, 6) is 1.33. The maximum atomic E-state index is 6.49. The predicted molar refractivity (Wildman–Crippen MR) is 78.5 cm³/mol. The van der Waals surface area contributed by atoms with E-state index in [1.54, 1.807) is 14.2 Å². The van der Waals surface area contributed by atoms with Crippen LogP contribution in [0.2, 0.25) is 5.02 Å². The van der Waals surface area contributed by atoms with Crippen molar-refractivity contribution in [1.82, 2.24) is 5.32 Å². The molecule has 1 aromatic carbocycles. The molecule has 0 spiro atoms. The lowest BCUT2D eigenvalue weighted by Crippen LogP contribution is -2.38. The molecule has 0 aliphatic carbocycles. The molecule has 0 aromatic heterocycles. The van der Waals surface area contributed by atoms with Crippen LogP contribution < -0.4 is 14.8 Å². The van der Waals surface area contributed by atoms with Crippen LogP contribution >= 0.6 is 11.6 Å². The molecule has 0 saturated carbocycles. The van der Waals surface area contributed by atoms with E-state index in [1.807, 2.05) is 0 Å². The third-order valence-electron chi connectivity index (χ3n) is 3.65. The van der Waals surface area contributed by atoms with Crippen molar-refractivity contribution in [3.8, 4) is 11.5 Å². The number of methoxy groups -OCH3 is 2. The number of hydrogen-bond donors (Lipinski definition) is 1. The lowest BCUT2D eigenvalue weighted by Gasteiger charge is -2.37. The first-order valence-electron chi connectivity index (χ1n) is 6.56. The van der Waals surface area contributed by atoms with E-state index in [-0.39, 0.29) is 11.5 Å². The van der Waals surface area contributed by atoms with Crippen LogP contribution in [0.4, 0.5) is 0 Å². The first-order valence-corrected chi connectivity index (χ1v) is 6.94. The minimum Gasteiger partial charge on any atom is -0.493 e. The highest BCUT2D eigenvalue weighted by atomic mass is 35.5. The molecule has 1 N–H and O–H groups in total. The molecule has 1 unspecified atom stereocenters. The van der Waals surface area contributed by atoms with Crippen LogP contribution in [0.3, 0.4) is 0 Å². The third-order valence-corrected chi connectivity index (χ3v) is 4.05. The molecule has 0 saturated heterocycles. The zero-order valence-electron chi connectivity index (χ0n) is 12.3. The summed E-state index contributed by atoms with van der Waals surface area (Å²) in [6, 6.07) is 2.33. The lowest BCUT2D eigenvalue weighted by atomic mass is 9.78. The van der Waals surface area contributed by atoms with E-state index < -0.39 is 0 Å². The number of halogens is 1. The van der Waals surface area contributed by atoms with Crippen LogP contribution in [0, 0.1) is 5.41 Å². The molecular formula is C15H22ClNO2. The van der Waals surface area contributed by atoms with Gasteiger partial charge in [-0.2, -0.15) is 0 Å². The molecule has 1 aromatic rings. The van der Waals surface area contributed by atoms with Gasteiger partial charge in [0, 0.05) is 6.04 Å². The minimum absolute atomic E-state index is 0.123. The second-order valence-electron chi connectivity index (χ2n) is 6.00. The van der Waals surface area contributed by atoms with Crippen molar-refractivity contribution in [1.29, 1.82) is 0 Å². The van der Waals surface area contributed by atoms with Gasteiger partial charge in [0.15, 0.2) is 11.5 Å². The van der Waals surface area contributed by atoms with Crippen molar-refractivity contribution in [2.24, 2.45) is 5.41 Å². The standard InChI is InChI=1S/C15H22ClNO2/c1-15(2,3)14-10-8-11(18-4)13(19-5)12(16)9(10)6-7-17-14/h8,14,17H,6-7H2,1-5H3. The van der Waals surface area contributed by atoms with Crippen molar-refractivity contribution < 1.29 is 9.47 Å². The van der Waals surface area contributed by atoms with Gasteiger partial charge in [0.25, 0.3) is 0 Å². The summed E-state index contributed by atoms with van der Waals surface area (Å²) >= 11 is 6.49. The molecule has 1 atom stereocenters. The van der Waals surface area contributed by atoms with Crippen LogP contribution in [-0.2, 0) is 6.42 Å². The van der Waals surface area contributed by atoms with Gasteiger partial charge >= 0.3 is 0 Å². The first kappa shape index (κ1) is 14.5. The second-order valence-corrected chi connectivity index (χ2v) is 6.37. The lowest BCUT2D eigenvalue weighted by molar-refractivity contribution is 0.261. The van der Waals surface area contributed by atoms with E-state index in [4.69, 9.17) is 21.1 Å². The van der Waals surface area contributed by atoms with Gasteiger partial charge in [0.05, 0.1) is 19.2 Å². The summed E-state index contributed by atoms with van der Waals surface area (Å²) in [5, 5.41) is 4.26. The van der Waals surface area contributed by atoms with Gasteiger partial charge in [0.2, 0.25) is 0 Å². The Labute approximate surface area is 120 Å². The summed E-state index contributed by atoms with van der Waals surface area (Å²) in [7, 11) is 3.27. The van der Waals surface area contributed by atoms with Gasteiger partial charge < -0.3 is 14.8 Å². The Morgan fingerprint density at radius 3 is 2.47 bits per heavy atom. The first-order chi connectivity index (χ1) is 8.90. The minimum atomic E-state index is 0.123. The van der Waals surface area contributed by atoms with Crippen LogP contribution in [-0.4, -0.2) is 20.8 Å². The summed E-state index contributed by atoms with van der Waals surface area (Å²) in [6.07, 6.45) is 0.918. The molecule has 106 valence electrons. The highest BCUT2D eigenvalue weighted by molar-refractivity contribution is 6.33. The molecule has 4 heteroatoms. The Bertz CT molecular complexity index is 480. The van der Waals surface area contributed by atoms with E-state index >= 15 is 0 Å². The highest BCUT2D eigenvalue weighted by Crippen LogP contribution is 2.46. The van der Waals surface area contributed by atoms with Gasteiger partial charge in [-0.25, -0.2) is 0 Å². The van der Waals surface area contributed by atoms with Gasteiger partial charge in [-0.05, 0) is 35.6 Å². The van der Waals surface area contributed by atoms with Crippen LogP contribution in [0.5, 0.6) is 11.5 Å². The molecule has 1 heterocycles. The van der Waals surface area contributed by atoms with Crippen molar-refractivity contribution in [3.63, 3.8) is 0 Å². The maximum Gasteiger partial charge on any atom is 0.179 e. The fourth-order valence-electron chi connectivity index (χ4n) is 2.74. The zero-order chi connectivity index (χ0) is 14.2. The second kappa shape index (κ2) is 5.22. The summed E-state index contributed by atoms with van der Waals surface area (Å²) in [6.45, 7) is 7.61. The van der Waals surface area contributed by atoms with Crippen molar-refractivity contribution in [2.75, 3.05) is 20.8 Å². The number of benzene rings is 1. The number of ether oxygens (including phenoxy) is 2. The van der Waals surface area contributed by atoms with Crippen molar-refractivity contribution in [3.05, 3.63) is 22.2 Å². The normalized spacial score (nSPS) is 18.9. The van der Waals surface area contributed by atoms with Gasteiger partial charge in [-0.15, -0.1) is 0 Å². The quantitative estimate of drug-likeness (QED) is 0.900. The highest BCUT2D eigenvalue weighted by Gasteiger charge is 2.33. The average molecular weight is 284 g/mol. The Morgan fingerprint density at radius 1 is 1.26 bits per heavy atom. The molecular weight excluding hydrogens is 262 g/mol. The Morgan fingerprint density at radius 2 is 1.95 bits per heavy atom. The fourth-order valence-corrected chi connectivity index (χ4v) is 3.12. The molecule has 1 aliphatic rings. The fraction of sp³-hybridized carbons (Fsp3) is 0.600. The molecule has 3 nitrogen and oxygen atoms in total. The number of nitrogens with one attached hydrogen (secondary N) is 1. The van der Waals surface area contributed by atoms with E-state index in [0.29, 0.717) is 16.5 Å². The van der Waals surface area contributed by atoms with Gasteiger partial charge in [-0.1, -0.05) is 32.4 Å². The maximum absolute atomic E-state index is 6.49. The molecule has 0 fully saturated rings. The summed E-state index contributed by atoms with van der Waals surface area (Å²) in [4.78, 5) is 0. The molecule has 19 heavy (non-hydrogen) atoms. The van der Waals surface area contributed by atoms with Crippen LogP contribution in [0.1, 0.15) is 37.9 Å². The summed E-state index contributed by atoms with van der Waals surface area (Å²) in [5.41, 5.74) is 2.53. The molecule has 1 aliphatic heterocycles. The largest absolute Gasteiger partial charge is 0.493 e. The molecule has 0 bridgehead atoms. The number of hydrogen-bond acceptors (Lipinski definition) is 3. The Kier molecular flexibility index (Phi) is 3.98. The molecule has 0 radical (unpaired) electrons. The average Bonchev–Trinajstić information content (AvgIpc) is 2.36. The Hall–Kier alpha value is -0.930. The van der Waals surface area contributed by atoms with Gasteiger partial charge in [-0.3, -0.25) is 0 Å². The van der Waals surface area contributed by atoms with E-state index in [9.17, 15) is 0 Å². The van der Waals surface area contributed by atoms with Crippen LogP contribution in [0.25, 0.3) is 0 Å². The topological polar surface area (TPSA) is 30.5 Å². The smallest absolute Gasteiger partial charge is 0.179 e. The Balaban J connectivity index is 2.62. The molecule has 0 amide bonds. The van der Waals surface area contributed by atoms with Crippen molar-refractivity contribution >= 4 is 11.6 Å². The summed E-state index contributed by atoms with van der Waals surface area (Å²) < 4.78 is 10.8. The van der Waals surface area contributed by atoms with Gasteiger partial charge in [0.1, 0.15) is 0 Å². The van der Waals surface area contributed by atoms with E-state index in [2.05, 4.69) is 32.2 Å². The predicted octanol–water partition coefficient (Wildman–Crippen LogP) is 3.59. The van der Waals surface area contributed by atoms with E-state index in [0.717, 1.165) is 13.0 Å². The van der Waals surface area contributed by atoms with Crippen molar-refractivity contribution in [2.45, 2.75) is 33.2 Å². The third kappa shape index (κ3) is 2.54. The van der Waals surface area contributed by atoms with E-state index in [1.165, 1.54) is 11.1 Å². The number of rotatable bonds is 2. The zero-order valence-corrected chi connectivity index (χ0v) is 13.0. The SMILES string of the molecule is COc1cc2c(c(Cl)c1OC)CCNC2C(C)(C)C. The number of fused-ring (bicyclic) bond motifs is 1. The molecule has 2 rings (SSSR count).